The van der Waals surface area contributed by atoms with Crippen LogP contribution in [0.1, 0.15) is 15.9 Å². The molecule has 1 amide bonds. The van der Waals surface area contributed by atoms with Gasteiger partial charge in [0.05, 0.1) is 29.8 Å². The molecule has 22 heavy (non-hydrogen) atoms. The van der Waals surface area contributed by atoms with Crippen LogP contribution in [0.3, 0.4) is 0 Å². The number of nitrogens with one attached hydrogen (secondary N) is 1. The molecule has 1 N–H and O–H groups in total. The number of amides is 1. The predicted molar refractivity (Wildman–Crippen MR) is 89.3 cm³/mol. The molecule has 0 aliphatic rings. The monoisotopic (exact) mass is 381 g/mol. The molecule has 0 heterocycles. The van der Waals surface area contributed by atoms with E-state index in [0.717, 1.165) is 10.0 Å². The van der Waals surface area contributed by atoms with E-state index in [4.69, 9.17) is 11.6 Å². The molecule has 0 spiro atoms. The van der Waals surface area contributed by atoms with E-state index in [-0.39, 0.29) is 12.3 Å². The van der Waals surface area contributed by atoms with Crippen LogP contribution >= 0.6 is 27.5 Å². The molecule has 0 fully saturated rings. The third-order valence-corrected chi connectivity index (χ3v) is 3.74. The lowest BCUT2D eigenvalue weighted by Crippen LogP contribution is -2.15. The van der Waals surface area contributed by atoms with Gasteiger partial charge in [0.2, 0.25) is 5.91 Å². The second-order valence-corrected chi connectivity index (χ2v) is 5.86. The minimum atomic E-state index is -0.487. The summed E-state index contributed by atoms with van der Waals surface area (Å²) in [5.41, 5.74) is 1.57. The summed E-state index contributed by atoms with van der Waals surface area (Å²) in [6.45, 7) is 0. The zero-order valence-electron chi connectivity index (χ0n) is 11.7. The standard InChI is InChI=1S/C16H13BrClNO3/c1-22-16(21)11-5-6-13(18)14(9-11)19-15(20)8-10-3-2-4-12(17)7-10/h2-7,9H,8H2,1H3,(H,19,20). The highest BCUT2D eigenvalue weighted by Gasteiger charge is 2.11. The Labute approximate surface area is 141 Å². The Kier molecular flexibility index (Phi) is 5.57. The Morgan fingerprint density at radius 2 is 2.00 bits per heavy atom. The van der Waals surface area contributed by atoms with Crippen LogP contribution in [0.2, 0.25) is 5.02 Å². The molecular formula is C16H13BrClNO3. The van der Waals surface area contributed by atoms with Crippen molar-refractivity contribution in [1.82, 2.24) is 0 Å². The first-order chi connectivity index (χ1) is 10.5. The number of anilines is 1. The number of ether oxygens (including phenoxy) is 1. The lowest BCUT2D eigenvalue weighted by Gasteiger charge is -2.09. The Morgan fingerprint density at radius 3 is 2.68 bits per heavy atom. The summed E-state index contributed by atoms with van der Waals surface area (Å²) in [5.74, 6) is -0.707. The lowest BCUT2D eigenvalue weighted by atomic mass is 10.1. The molecule has 2 aromatic rings. The number of esters is 1. The fourth-order valence-corrected chi connectivity index (χ4v) is 2.50. The maximum atomic E-state index is 12.1. The third kappa shape index (κ3) is 4.32. The summed E-state index contributed by atoms with van der Waals surface area (Å²) < 4.78 is 5.55. The van der Waals surface area contributed by atoms with Crippen molar-refractivity contribution in [2.75, 3.05) is 12.4 Å². The van der Waals surface area contributed by atoms with Crippen LogP contribution in [-0.2, 0) is 16.0 Å². The molecule has 0 aromatic heterocycles. The second kappa shape index (κ2) is 7.42. The molecule has 0 radical (unpaired) electrons. The fourth-order valence-electron chi connectivity index (χ4n) is 1.89. The third-order valence-electron chi connectivity index (χ3n) is 2.92. The van der Waals surface area contributed by atoms with Crippen LogP contribution in [0.25, 0.3) is 0 Å². The molecule has 0 saturated carbocycles. The maximum absolute atomic E-state index is 12.1. The van der Waals surface area contributed by atoms with Gasteiger partial charge >= 0.3 is 5.97 Å². The van der Waals surface area contributed by atoms with E-state index in [2.05, 4.69) is 26.0 Å². The van der Waals surface area contributed by atoms with Crippen molar-refractivity contribution in [2.45, 2.75) is 6.42 Å². The lowest BCUT2D eigenvalue weighted by molar-refractivity contribution is -0.115. The summed E-state index contributed by atoms with van der Waals surface area (Å²) in [6.07, 6.45) is 0.207. The van der Waals surface area contributed by atoms with E-state index in [0.29, 0.717) is 16.3 Å². The molecule has 0 bridgehead atoms. The second-order valence-electron chi connectivity index (χ2n) is 4.54. The number of carbonyl (C=O) groups is 2. The SMILES string of the molecule is COC(=O)c1ccc(Cl)c(NC(=O)Cc2cccc(Br)c2)c1. The summed E-state index contributed by atoms with van der Waals surface area (Å²) >= 11 is 9.40. The number of rotatable bonds is 4. The van der Waals surface area contributed by atoms with E-state index in [1.165, 1.54) is 19.2 Å². The molecule has 0 aliphatic carbocycles. The fraction of sp³-hybridized carbons (Fsp3) is 0.125. The van der Waals surface area contributed by atoms with Crippen LogP contribution in [0.4, 0.5) is 5.69 Å². The average Bonchev–Trinajstić information content (AvgIpc) is 2.48. The average molecular weight is 383 g/mol. The van der Waals surface area contributed by atoms with Crippen molar-refractivity contribution in [3.8, 4) is 0 Å². The summed E-state index contributed by atoms with van der Waals surface area (Å²) in [5, 5.41) is 3.06. The zero-order chi connectivity index (χ0) is 16.1. The van der Waals surface area contributed by atoms with Crippen molar-refractivity contribution < 1.29 is 14.3 Å². The van der Waals surface area contributed by atoms with Gasteiger partial charge in [0.25, 0.3) is 0 Å². The van der Waals surface area contributed by atoms with Crippen molar-refractivity contribution >= 4 is 45.1 Å². The first-order valence-corrected chi connectivity index (χ1v) is 7.59. The smallest absolute Gasteiger partial charge is 0.337 e. The van der Waals surface area contributed by atoms with E-state index >= 15 is 0 Å². The number of hydrogen-bond donors (Lipinski definition) is 1. The van der Waals surface area contributed by atoms with Crippen molar-refractivity contribution in [3.63, 3.8) is 0 Å². The summed E-state index contributed by atoms with van der Waals surface area (Å²) in [4.78, 5) is 23.6. The first-order valence-electron chi connectivity index (χ1n) is 6.42. The minimum Gasteiger partial charge on any atom is -0.465 e. The number of halogens is 2. The van der Waals surface area contributed by atoms with Crippen molar-refractivity contribution in [3.05, 3.63) is 63.1 Å². The maximum Gasteiger partial charge on any atom is 0.337 e. The van der Waals surface area contributed by atoms with Gasteiger partial charge in [-0.2, -0.15) is 0 Å². The van der Waals surface area contributed by atoms with Crippen LogP contribution in [0, 0.1) is 0 Å². The van der Waals surface area contributed by atoms with Crippen LogP contribution < -0.4 is 5.32 Å². The zero-order valence-corrected chi connectivity index (χ0v) is 14.1. The van der Waals surface area contributed by atoms with E-state index < -0.39 is 5.97 Å². The van der Waals surface area contributed by atoms with Gasteiger partial charge < -0.3 is 10.1 Å². The topological polar surface area (TPSA) is 55.4 Å². The van der Waals surface area contributed by atoms with Gasteiger partial charge in [-0.1, -0.05) is 39.7 Å². The number of benzene rings is 2. The largest absolute Gasteiger partial charge is 0.465 e. The summed E-state index contributed by atoms with van der Waals surface area (Å²) in [6, 6.07) is 12.0. The van der Waals surface area contributed by atoms with E-state index in [1.54, 1.807) is 6.07 Å². The highest BCUT2D eigenvalue weighted by atomic mass is 79.9. The first kappa shape index (κ1) is 16.5. The van der Waals surface area contributed by atoms with Gasteiger partial charge in [-0.25, -0.2) is 4.79 Å². The van der Waals surface area contributed by atoms with Gasteiger partial charge in [-0.15, -0.1) is 0 Å². The molecule has 6 heteroatoms. The highest BCUT2D eigenvalue weighted by Crippen LogP contribution is 2.24. The number of hydrogen-bond acceptors (Lipinski definition) is 3. The Morgan fingerprint density at radius 1 is 1.23 bits per heavy atom. The van der Waals surface area contributed by atoms with Gasteiger partial charge in [0.15, 0.2) is 0 Å². The van der Waals surface area contributed by atoms with Gasteiger partial charge in [0.1, 0.15) is 0 Å². The van der Waals surface area contributed by atoms with Gasteiger partial charge in [0, 0.05) is 4.47 Å². The van der Waals surface area contributed by atoms with Crippen molar-refractivity contribution in [1.29, 1.82) is 0 Å². The van der Waals surface area contributed by atoms with E-state index in [9.17, 15) is 9.59 Å². The summed E-state index contributed by atoms with van der Waals surface area (Å²) in [7, 11) is 1.29. The van der Waals surface area contributed by atoms with Gasteiger partial charge in [-0.05, 0) is 35.9 Å². The Balaban J connectivity index is 2.12. The Bertz CT molecular complexity index is 718. The number of methoxy groups -OCH3 is 1. The molecule has 2 rings (SSSR count). The number of carbonyl (C=O) groups excluding carboxylic acids is 2. The van der Waals surface area contributed by atoms with Crippen LogP contribution in [0.15, 0.2) is 46.9 Å². The molecule has 0 saturated heterocycles. The molecule has 4 nitrogen and oxygen atoms in total. The Hall–Kier alpha value is -1.85. The molecule has 0 unspecified atom stereocenters. The molecule has 2 aromatic carbocycles. The molecule has 114 valence electrons. The van der Waals surface area contributed by atoms with Crippen LogP contribution in [0.5, 0.6) is 0 Å². The van der Waals surface area contributed by atoms with Crippen LogP contribution in [-0.4, -0.2) is 19.0 Å². The normalized spacial score (nSPS) is 10.1. The highest BCUT2D eigenvalue weighted by molar-refractivity contribution is 9.10. The minimum absolute atomic E-state index is 0.207. The van der Waals surface area contributed by atoms with Gasteiger partial charge in [-0.3, -0.25) is 4.79 Å². The molecule has 0 aliphatic heterocycles. The molecular weight excluding hydrogens is 370 g/mol. The van der Waals surface area contributed by atoms with Crippen molar-refractivity contribution in [2.24, 2.45) is 0 Å². The van der Waals surface area contributed by atoms with E-state index in [1.807, 2.05) is 24.3 Å². The predicted octanol–water partition coefficient (Wildman–Crippen LogP) is 4.07. The quantitative estimate of drug-likeness (QED) is 0.811. The molecule has 0 atom stereocenters.